The smallest absolute Gasteiger partial charge is 0.329 e. The van der Waals surface area contributed by atoms with Crippen molar-refractivity contribution >= 4 is 38.9 Å². The number of hydrogen-bond acceptors (Lipinski definition) is 5. The summed E-state index contributed by atoms with van der Waals surface area (Å²) in [6.07, 6.45) is 0. The van der Waals surface area contributed by atoms with Crippen LogP contribution in [-0.2, 0) is 11.3 Å². The lowest BCUT2D eigenvalue weighted by atomic mass is 10.2. The Morgan fingerprint density at radius 3 is 2.80 bits per heavy atom. The Morgan fingerprint density at radius 1 is 1.35 bits per heavy atom. The molecule has 0 saturated carbocycles. The quantitative estimate of drug-likeness (QED) is 0.768. The molecule has 3 aromatic heterocycles. The number of nitrogens with one attached hydrogen (secondary N) is 1. The van der Waals surface area contributed by atoms with Crippen LogP contribution >= 0.6 is 22.7 Å². The van der Waals surface area contributed by atoms with Crippen LogP contribution in [0.3, 0.4) is 0 Å². The molecule has 0 radical (unpaired) electrons. The van der Waals surface area contributed by atoms with Gasteiger partial charge in [-0.15, -0.1) is 22.7 Å². The fraction of sp³-hybridized carbons (Fsp3) is 0.0833. The first-order valence-electron chi connectivity index (χ1n) is 5.58. The van der Waals surface area contributed by atoms with Gasteiger partial charge in [-0.3, -0.25) is 14.6 Å². The van der Waals surface area contributed by atoms with Crippen LogP contribution in [0.4, 0.5) is 0 Å². The molecule has 0 saturated heterocycles. The Kier molecular flexibility index (Phi) is 3.03. The summed E-state index contributed by atoms with van der Waals surface area (Å²) in [5.74, 6) is -1.23. The van der Waals surface area contributed by atoms with Crippen LogP contribution in [-0.4, -0.2) is 20.6 Å². The number of rotatable bonds is 3. The molecule has 0 spiro atoms. The van der Waals surface area contributed by atoms with E-state index in [1.165, 1.54) is 22.7 Å². The third kappa shape index (κ3) is 1.98. The SMILES string of the molecule is O=C(O)Cn1c(=O)[nH]c2scc(-c3cccs3)c2c1=O. The van der Waals surface area contributed by atoms with E-state index >= 15 is 0 Å². The molecule has 8 heteroatoms. The van der Waals surface area contributed by atoms with Gasteiger partial charge in [0.2, 0.25) is 0 Å². The van der Waals surface area contributed by atoms with Crippen LogP contribution in [0.5, 0.6) is 0 Å². The molecule has 0 aromatic carbocycles. The van der Waals surface area contributed by atoms with Gasteiger partial charge in [-0.05, 0) is 11.4 Å². The first-order chi connectivity index (χ1) is 9.58. The average molecular weight is 308 g/mol. The monoisotopic (exact) mass is 308 g/mol. The van der Waals surface area contributed by atoms with Gasteiger partial charge >= 0.3 is 11.7 Å². The van der Waals surface area contributed by atoms with Gasteiger partial charge in [0.15, 0.2) is 0 Å². The molecule has 0 fully saturated rings. The molecule has 0 aliphatic heterocycles. The predicted octanol–water partition coefficient (Wildman–Crippen LogP) is 1.56. The summed E-state index contributed by atoms with van der Waals surface area (Å²) in [6, 6.07) is 3.74. The van der Waals surface area contributed by atoms with E-state index < -0.39 is 23.8 Å². The van der Waals surface area contributed by atoms with Gasteiger partial charge in [0.25, 0.3) is 5.56 Å². The zero-order valence-electron chi connectivity index (χ0n) is 9.95. The van der Waals surface area contributed by atoms with Crippen molar-refractivity contribution in [2.75, 3.05) is 0 Å². The van der Waals surface area contributed by atoms with Crippen LogP contribution in [0.2, 0.25) is 0 Å². The Bertz CT molecular complexity index is 902. The van der Waals surface area contributed by atoms with E-state index in [0.717, 1.165) is 10.4 Å². The Balaban J connectivity index is 2.35. The molecular formula is C12H8N2O4S2. The van der Waals surface area contributed by atoms with Crippen LogP contribution in [0, 0.1) is 0 Å². The van der Waals surface area contributed by atoms with Gasteiger partial charge in [0.05, 0.1) is 5.39 Å². The first-order valence-corrected chi connectivity index (χ1v) is 7.34. The molecule has 3 heterocycles. The maximum Gasteiger partial charge on any atom is 0.329 e. The minimum atomic E-state index is -1.23. The van der Waals surface area contributed by atoms with Crippen molar-refractivity contribution in [3.8, 4) is 10.4 Å². The zero-order valence-corrected chi connectivity index (χ0v) is 11.6. The summed E-state index contributed by atoms with van der Waals surface area (Å²) in [7, 11) is 0. The van der Waals surface area contributed by atoms with Crippen LogP contribution in [0.1, 0.15) is 0 Å². The largest absolute Gasteiger partial charge is 0.480 e. The molecule has 2 N–H and O–H groups in total. The highest BCUT2D eigenvalue weighted by Gasteiger charge is 2.16. The highest BCUT2D eigenvalue weighted by atomic mass is 32.1. The third-order valence-electron chi connectivity index (χ3n) is 2.80. The second-order valence-corrected chi connectivity index (χ2v) is 5.87. The van der Waals surface area contributed by atoms with Crippen LogP contribution in [0.25, 0.3) is 20.7 Å². The van der Waals surface area contributed by atoms with E-state index in [0.29, 0.717) is 14.8 Å². The number of aromatic nitrogens is 2. The fourth-order valence-electron chi connectivity index (χ4n) is 1.95. The molecule has 0 bridgehead atoms. The Hall–Kier alpha value is -2.19. The second-order valence-electron chi connectivity index (χ2n) is 4.05. The number of carboxylic acid groups (broad SMARTS) is 1. The van der Waals surface area contributed by atoms with Gasteiger partial charge < -0.3 is 5.11 Å². The van der Waals surface area contributed by atoms with E-state index in [4.69, 9.17) is 5.11 Å². The van der Waals surface area contributed by atoms with Crippen molar-refractivity contribution in [2.45, 2.75) is 6.54 Å². The van der Waals surface area contributed by atoms with Gasteiger partial charge in [-0.1, -0.05) is 6.07 Å². The first kappa shape index (κ1) is 12.8. The van der Waals surface area contributed by atoms with Crippen molar-refractivity contribution in [1.29, 1.82) is 0 Å². The third-order valence-corrected chi connectivity index (χ3v) is 4.59. The normalized spacial score (nSPS) is 11.0. The molecule has 3 rings (SSSR count). The summed E-state index contributed by atoms with van der Waals surface area (Å²) in [5, 5.41) is 12.8. The Labute approximate surface area is 119 Å². The topological polar surface area (TPSA) is 92.2 Å². The second kappa shape index (κ2) is 4.73. The van der Waals surface area contributed by atoms with Crippen molar-refractivity contribution in [3.63, 3.8) is 0 Å². The predicted molar refractivity (Wildman–Crippen MR) is 77.7 cm³/mol. The highest BCUT2D eigenvalue weighted by molar-refractivity contribution is 7.18. The molecule has 102 valence electrons. The highest BCUT2D eigenvalue weighted by Crippen LogP contribution is 2.32. The molecular weight excluding hydrogens is 300 g/mol. The number of hydrogen-bond donors (Lipinski definition) is 2. The van der Waals surface area contributed by atoms with Gasteiger partial charge in [0.1, 0.15) is 11.4 Å². The number of aliphatic carboxylic acids is 1. The van der Waals surface area contributed by atoms with Crippen molar-refractivity contribution in [3.05, 3.63) is 43.7 Å². The molecule has 3 aromatic rings. The average Bonchev–Trinajstić information content (AvgIpc) is 3.01. The van der Waals surface area contributed by atoms with Crippen molar-refractivity contribution in [2.24, 2.45) is 0 Å². The van der Waals surface area contributed by atoms with Crippen molar-refractivity contribution in [1.82, 2.24) is 9.55 Å². The number of H-pyrrole nitrogens is 1. The van der Waals surface area contributed by atoms with E-state index in [9.17, 15) is 14.4 Å². The van der Waals surface area contributed by atoms with Crippen LogP contribution < -0.4 is 11.2 Å². The Morgan fingerprint density at radius 2 is 2.15 bits per heavy atom. The fourth-order valence-corrected chi connectivity index (χ4v) is 3.71. The lowest BCUT2D eigenvalue weighted by Crippen LogP contribution is -2.37. The number of nitrogens with zero attached hydrogens (tertiary/aromatic N) is 1. The van der Waals surface area contributed by atoms with Crippen LogP contribution in [0.15, 0.2) is 32.5 Å². The number of carbonyl (C=O) groups is 1. The molecule has 0 unspecified atom stereocenters. The molecule has 0 atom stereocenters. The number of fused-ring (bicyclic) bond motifs is 1. The summed E-state index contributed by atoms with van der Waals surface area (Å²) < 4.78 is 0.703. The summed E-state index contributed by atoms with van der Waals surface area (Å²) in [6.45, 7) is -0.649. The zero-order chi connectivity index (χ0) is 14.3. The molecule has 6 nitrogen and oxygen atoms in total. The van der Waals surface area contributed by atoms with Gasteiger partial charge in [0, 0.05) is 15.8 Å². The van der Waals surface area contributed by atoms with E-state index in [2.05, 4.69) is 4.98 Å². The number of thiophene rings is 2. The lowest BCUT2D eigenvalue weighted by Gasteiger charge is -2.02. The molecule has 0 aliphatic rings. The van der Waals surface area contributed by atoms with E-state index in [-0.39, 0.29) is 0 Å². The maximum atomic E-state index is 12.4. The number of carboxylic acids is 1. The lowest BCUT2D eigenvalue weighted by molar-refractivity contribution is -0.137. The number of aromatic amines is 1. The molecule has 0 aliphatic carbocycles. The minimum Gasteiger partial charge on any atom is -0.480 e. The summed E-state index contributed by atoms with van der Waals surface area (Å²) >= 11 is 2.74. The van der Waals surface area contributed by atoms with Crippen molar-refractivity contribution < 1.29 is 9.90 Å². The summed E-state index contributed by atoms with van der Waals surface area (Å²) in [5.41, 5.74) is -0.555. The van der Waals surface area contributed by atoms with Gasteiger partial charge in [-0.2, -0.15) is 0 Å². The molecule has 20 heavy (non-hydrogen) atoms. The van der Waals surface area contributed by atoms with E-state index in [1.807, 2.05) is 17.5 Å². The van der Waals surface area contributed by atoms with Gasteiger partial charge in [-0.25, -0.2) is 9.36 Å². The standard InChI is InChI=1S/C12H8N2O4S2/c15-8(16)4-14-11(17)9-6(7-2-1-3-19-7)5-20-10(9)13-12(14)18/h1-3,5H,4H2,(H,13,18)(H,15,16). The summed E-state index contributed by atoms with van der Waals surface area (Å²) in [4.78, 5) is 38.8. The van der Waals surface area contributed by atoms with E-state index in [1.54, 1.807) is 5.38 Å². The minimum absolute atomic E-state index is 0.360. The maximum absolute atomic E-state index is 12.4. The molecule has 0 amide bonds.